The van der Waals surface area contributed by atoms with Crippen LogP contribution in [0, 0.1) is 24.7 Å². The van der Waals surface area contributed by atoms with Gasteiger partial charge in [0.15, 0.2) is 0 Å². The summed E-state index contributed by atoms with van der Waals surface area (Å²) in [5, 5.41) is 3.54. The summed E-state index contributed by atoms with van der Waals surface area (Å²) in [5.41, 5.74) is 1.23. The number of hydrogen-bond donors (Lipinski definition) is 1. The van der Waals surface area contributed by atoms with Crippen molar-refractivity contribution in [2.45, 2.75) is 38.6 Å². The van der Waals surface area contributed by atoms with Crippen LogP contribution in [-0.4, -0.2) is 7.05 Å². The molecule has 0 saturated heterocycles. The molecule has 2 bridgehead atoms. The Hall–Kier alpha value is -0.0500. The number of nitrogens with one attached hydrogen (secondary N) is 1. The molecule has 2 aliphatic rings. The standard InChI is InChI=1S/C14H20ClNS/c1-8-5-12(17-14(8)15)13(16-2)11-7-9-3-4-10(11)6-9/h5,9-11,13,16H,3-4,6-7H2,1-2H3. The third-order valence-electron chi connectivity index (χ3n) is 4.71. The van der Waals surface area contributed by atoms with Crippen LogP contribution in [0.4, 0.5) is 0 Å². The molecule has 1 heterocycles. The predicted molar refractivity (Wildman–Crippen MR) is 74.8 cm³/mol. The molecule has 1 aromatic rings. The molecule has 0 aromatic carbocycles. The summed E-state index contributed by atoms with van der Waals surface area (Å²) in [5.74, 6) is 2.81. The predicted octanol–water partition coefficient (Wildman–Crippen LogP) is 4.41. The minimum atomic E-state index is 0.529. The van der Waals surface area contributed by atoms with Crippen LogP contribution in [0.3, 0.4) is 0 Å². The Labute approximate surface area is 113 Å². The molecular weight excluding hydrogens is 250 g/mol. The summed E-state index contributed by atoms with van der Waals surface area (Å²) in [6.07, 6.45) is 5.82. The zero-order valence-corrected chi connectivity index (χ0v) is 12.1. The fourth-order valence-electron chi connectivity index (χ4n) is 3.91. The molecule has 17 heavy (non-hydrogen) atoms. The van der Waals surface area contributed by atoms with Crippen molar-refractivity contribution in [1.82, 2.24) is 5.32 Å². The first-order valence-electron chi connectivity index (χ1n) is 6.62. The maximum absolute atomic E-state index is 6.21. The largest absolute Gasteiger partial charge is 0.312 e. The van der Waals surface area contributed by atoms with Crippen molar-refractivity contribution < 1.29 is 0 Å². The van der Waals surface area contributed by atoms with Gasteiger partial charge in [-0.3, -0.25) is 0 Å². The van der Waals surface area contributed by atoms with Gasteiger partial charge in [-0.1, -0.05) is 18.0 Å². The van der Waals surface area contributed by atoms with Crippen molar-refractivity contribution in [3.8, 4) is 0 Å². The lowest BCUT2D eigenvalue weighted by molar-refractivity contribution is 0.262. The third kappa shape index (κ3) is 2.05. The second-order valence-corrected chi connectivity index (χ2v) is 7.40. The molecular formula is C14H20ClNS. The van der Waals surface area contributed by atoms with E-state index in [4.69, 9.17) is 11.6 Å². The quantitative estimate of drug-likeness (QED) is 0.857. The van der Waals surface area contributed by atoms with Gasteiger partial charge in [-0.05, 0) is 62.6 Å². The Balaban J connectivity index is 1.84. The monoisotopic (exact) mass is 269 g/mol. The molecule has 4 atom stereocenters. The van der Waals surface area contributed by atoms with Crippen molar-refractivity contribution in [3.63, 3.8) is 0 Å². The molecule has 3 heteroatoms. The smallest absolute Gasteiger partial charge is 0.0960 e. The van der Waals surface area contributed by atoms with Crippen LogP contribution in [-0.2, 0) is 0 Å². The second kappa shape index (κ2) is 4.56. The molecule has 0 spiro atoms. The summed E-state index contributed by atoms with van der Waals surface area (Å²) in [6, 6.07) is 2.81. The van der Waals surface area contributed by atoms with Crippen LogP contribution >= 0.6 is 22.9 Å². The van der Waals surface area contributed by atoms with Crippen LogP contribution in [0.25, 0.3) is 0 Å². The van der Waals surface area contributed by atoms with E-state index < -0.39 is 0 Å². The van der Waals surface area contributed by atoms with Crippen LogP contribution < -0.4 is 5.32 Å². The highest BCUT2D eigenvalue weighted by Crippen LogP contribution is 2.53. The number of aryl methyl sites for hydroxylation is 1. The Morgan fingerprint density at radius 3 is 2.71 bits per heavy atom. The van der Waals surface area contributed by atoms with E-state index >= 15 is 0 Å². The van der Waals surface area contributed by atoms with Crippen molar-refractivity contribution in [2.24, 2.45) is 17.8 Å². The Morgan fingerprint density at radius 2 is 2.24 bits per heavy atom. The Kier molecular flexibility index (Phi) is 3.22. The first kappa shape index (κ1) is 12.0. The first-order valence-corrected chi connectivity index (χ1v) is 7.81. The van der Waals surface area contributed by atoms with Crippen molar-refractivity contribution in [1.29, 1.82) is 0 Å². The molecule has 0 aliphatic heterocycles. The van der Waals surface area contributed by atoms with Gasteiger partial charge in [0.1, 0.15) is 0 Å². The highest BCUT2D eigenvalue weighted by Gasteiger charge is 2.43. The van der Waals surface area contributed by atoms with Gasteiger partial charge in [0, 0.05) is 10.9 Å². The summed E-state index contributed by atoms with van der Waals surface area (Å²) in [4.78, 5) is 1.44. The van der Waals surface area contributed by atoms with E-state index in [2.05, 4.69) is 25.4 Å². The lowest BCUT2D eigenvalue weighted by Gasteiger charge is -2.29. The van der Waals surface area contributed by atoms with Crippen molar-refractivity contribution in [2.75, 3.05) is 7.05 Å². The maximum Gasteiger partial charge on any atom is 0.0960 e. The molecule has 2 aliphatic carbocycles. The van der Waals surface area contributed by atoms with E-state index in [-0.39, 0.29) is 0 Å². The van der Waals surface area contributed by atoms with E-state index in [0.717, 1.165) is 22.1 Å². The summed E-state index contributed by atoms with van der Waals surface area (Å²) < 4.78 is 0.961. The minimum Gasteiger partial charge on any atom is -0.312 e. The molecule has 0 amide bonds. The fourth-order valence-corrected chi connectivity index (χ4v) is 5.31. The topological polar surface area (TPSA) is 12.0 Å². The molecule has 4 unspecified atom stereocenters. The number of hydrogen-bond acceptors (Lipinski definition) is 2. The minimum absolute atomic E-state index is 0.529. The van der Waals surface area contributed by atoms with E-state index in [1.54, 1.807) is 11.3 Å². The van der Waals surface area contributed by atoms with Gasteiger partial charge < -0.3 is 5.32 Å². The van der Waals surface area contributed by atoms with Gasteiger partial charge in [0.05, 0.1) is 4.34 Å². The molecule has 1 aromatic heterocycles. The van der Waals surface area contributed by atoms with Crippen LogP contribution in [0.1, 0.15) is 42.2 Å². The zero-order chi connectivity index (χ0) is 12.0. The van der Waals surface area contributed by atoms with Gasteiger partial charge in [0.25, 0.3) is 0 Å². The molecule has 0 radical (unpaired) electrons. The molecule has 1 N–H and O–H groups in total. The molecule has 1 nitrogen and oxygen atoms in total. The Morgan fingerprint density at radius 1 is 1.41 bits per heavy atom. The molecule has 94 valence electrons. The number of rotatable bonds is 3. The average Bonchev–Trinajstić information content (AvgIpc) is 2.98. The lowest BCUT2D eigenvalue weighted by Crippen LogP contribution is -2.28. The molecule has 2 saturated carbocycles. The average molecular weight is 270 g/mol. The van der Waals surface area contributed by atoms with Gasteiger partial charge in [-0.15, -0.1) is 11.3 Å². The lowest BCUT2D eigenvalue weighted by atomic mass is 9.82. The molecule has 2 fully saturated rings. The van der Waals surface area contributed by atoms with Gasteiger partial charge >= 0.3 is 0 Å². The highest BCUT2D eigenvalue weighted by molar-refractivity contribution is 7.16. The Bertz CT molecular complexity index is 395. The van der Waals surface area contributed by atoms with Gasteiger partial charge in [-0.25, -0.2) is 0 Å². The summed E-state index contributed by atoms with van der Waals surface area (Å²) >= 11 is 7.97. The zero-order valence-electron chi connectivity index (χ0n) is 10.5. The second-order valence-electron chi connectivity index (χ2n) is 5.71. The SMILES string of the molecule is CNC(c1cc(C)c(Cl)s1)C1CC2CCC1C2. The number of thiophene rings is 1. The third-order valence-corrected chi connectivity index (χ3v) is 6.35. The normalized spacial score (nSPS) is 33.2. The van der Waals surface area contributed by atoms with E-state index in [1.165, 1.54) is 36.1 Å². The maximum atomic E-state index is 6.21. The number of fused-ring (bicyclic) bond motifs is 2. The van der Waals surface area contributed by atoms with Crippen molar-refractivity contribution in [3.05, 3.63) is 20.8 Å². The van der Waals surface area contributed by atoms with Crippen LogP contribution in [0.15, 0.2) is 6.07 Å². The molecule has 3 rings (SSSR count). The van der Waals surface area contributed by atoms with E-state index in [9.17, 15) is 0 Å². The van der Waals surface area contributed by atoms with Gasteiger partial charge in [0.2, 0.25) is 0 Å². The van der Waals surface area contributed by atoms with Gasteiger partial charge in [-0.2, -0.15) is 0 Å². The van der Waals surface area contributed by atoms with Crippen molar-refractivity contribution >= 4 is 22.9 Å². The van der Waals surface area contributed by atoms with E-state index in [0.29, 0.717) is 6.04 Å². The van der Waals surface area contributed by atoms with E-state index in [1.807, 2.05) is 0 Å². The highest BCUT2D eigenvalue weighted by atomic mass is 35.5. The fraction of sp³-hybridized carbons (Fsp3) is 0.714. The van der Waals surface area contributed by atoms with Crippen LogP contribution in [0.5, 0.6) is 0 Å². The first-order chi connectivity index (χ1) is 8.19. The van der Waals surface area contributed by atoms with Crippen LogP contribution in [0.2, 0.25) is 4.34 Å². The summed E-state index contributed by atoms with van der Waals surface area (Å²) in [7, 11) is 2.10. The summed E-state index contributed by atoms with van der Waals surface area (Å²) in [6.45, 7) is 2.11. The number of halogens is 1.